The van der Waals surface area contributed by atoms with Gasteiger partial charge in [0.1, 0.15) is 5.72 Å². The zero-order valence-electron chi connectivity index (χ0n) is 12.0. The summed E-state index contributed by atoms with van der Waals surface area (Å²) >= 11 is 0. The molecule has 0 radical (unpaired) electrons. The topological polar surface area (TPSA) is 33.3 Å². The van der Waals surface area contributed by atoms with Gasteiger partial charge in [0.05, 0.1) is 6.10 Å². The van der Waals surface area contributed by atoms with Crippen molar-refractivity contribution >= 4 is 0 Å². The van der Waals surface area contributed by atoms with E-state index in [-0.39, 0.29) is 16.8 Å². The maximum absolute atomic E-state index is 6.38. The zero-order valence-corrected chi connectivity index (χ0v) is 12.0. The first-order chi connectivity index (χ1) is 7.76. The quantitative estimate of drug-likeness (QED) is 0.738. The lowest BCUT2D eigenvalue weighted by Crippen LogP contribution is -2.70. The summed E-state index contributed by atoms with van der Waals surface area (Å²) in [6.45, 7) is 12.4. The normalized spacial score (nSPS) is 34.8. The van der Waals surface area contributed by atoms with Crippen molar-refractivity contribution in [2.24, 2.45) is 0 Å². The monoisotopic (exact) mass is 240 g/mol. The van der Waals surface area contributed by atoms with Gasteiger partial charge in [-0.3, -0.25) is 5.32 Å². The van der Waals surface area contributed by atoms with Crippen LogP contribution in [0.2, 0.25) is 0 Å². The van der Waals surface area contributed by atoms with Crippen LogP contribution in [0.3, 0.4) is 0 Å². The fourth-order valence-electron chi connectivity index (χ4n) is 3.87. The SMILES string of the molecule is CCC1CCNC2(CC(C)(C)NC(C)(C)C2)O1. The number of rotatable bonds is 1. The molecule has 2 aliphatic rings. The van der Waals surface area contributed by atoms with Crippen molar-refractivity contribution in [3.05, 3.63) is 0 Å². The van der Waals surface area contributed by atoms with E-state index in [0.29, 0.717) is 6.10 Å². The van der Waals surface area contributed by atoms with E-state index in [1.807, 2.05) is 0 Å². The Morgan fingerprint density at radius 2 is 1.71 bits per heavy atom. The highest BCUT2D eigenvalue weighted by molar-refractivity contribution is 5.05. The summed E-state index contributed by atoms with van der Waals surface area (Å²) in [4.78, 5) is 0. The summed E-state index contributed by atoms with van der Waals surface area (Å²) in [6, 6.07) is 0. The van der Waals surface area contributed by atoms with Gasteiger partial charge in [-0.15, -0.1) is 0 Å². The minimum Gasteiger partial charge on any atom is -0.357 e. The van der Waals surface area contributed by atoms with Crippen molar-refractivity contribution in [2.75, 3.05) is 6.54 Å². The van der Waals surface area contributed by atoms with Crippen molar-refractivity contribution in [2.45, 2.75) is 83.2 Å². The molecule has 0 aromatic carbocycles. The van der Waals surface area contributed by atoms with Gasteiger partial charge in [-0.05, 0) is 40.5 Å². The van der Waals surface area contributed by atoms with Gasteiger partial charge < -0.3 is 10.1 Å². The van der Waals surface area contributed by atoms with E-state index in [1.54, 1.807) is 0 Å². The third-order valence-electron chi connectivity index (χ3n) is 3.89. The minimum absolute atomic E-state index is 0.114. The Morgan fingerprint density at radius 3 is 2.24 bits per heavy atom. The van der Waals surface area contributed by atoms with Crippen LogP contribution in [0.25, 0.3) is 0 Å². The molecule has 1 spiro atoms. The molecule has 2 fully saturated rings. The van der Waals surface area contributed by atoms with Crippen LogP contribution in [-0.2, 0) is 4.74 Å². The smallest absolute Gasteiger partial charge is 0.123 e. The van der Waals surface area contributed by atoms with Gasteiger partial charge in [0.2, 0.25) is 0 Å². The first-order valence-corrected chi connectivity index (χ1v) is 6.98. The summed E-state index contributed by atoms with van der Waals surface area (Å²) in [5, 5.41) is 7.36. The molecule has 0 amide bonds. The van der Waals surface area contributed by atoms with Gasteiger partial charge in [0.25, 0.3) is 0 Å². The van der Waals surface area contributed by atoms with E-state index in [2.05, 4.69) is 45.3 Å². The Bertz CT molecular complexity index is 270. The maximum Gasteiger partial charge on any atom is 0.123 e. The Labute approximate surface area is 106 Å². The van der Waals surface area contributed by atoms with Crippen molar-refractivity contribution in [1.29, 1.82) is 0 Å². The fraction of sp³-hybridized carbons (Fsp3) is 1.00. The van der Waals surface area contributed by atoms with E-state index in [9.17, 15) is 0 Å². The lowest BCUT2D eigenvalue weighted by Gasteiger charge is -2.55. The largest absolute Gasteiger partial charge is 0.357 e. The van der Waals surface area contributed by atoms with Gasteiger partial charge in [-0.1, -0.05) is 6.92 Å². The van der Waals surface area contributed by atoms with Gasteiger partial charge in [0, 0.05) is 30.5 Å². The van der Waals surface area contributed by atoms with Crippen LogP contribution in [0, 0.1) is 0 Å². The number of hydrogen-bond acceptors (Lipinski definition) is 3. The summed E-state index contributed by atoms with van der Waals surface area (Å²) in [5.41, 5.74) is 0.145. The predicted molar refractivity (Wildman–Crippen MR) is 71.0 cm³/mol. The van der Waals surface area contributed by atoms with Gasteiger partial charge in [-0.25, -0.2) is 0 Å². The Balaban J connectivity index is 2.18. The van der Waals surface area contributed by atoms with E-state index < -0.39 is 0 Å². The highest BCUT2D eigenvalue weighted by Crippen LogP contribution is 2.39. The van der Waals surface area contributed by atoms with Crippen LogP contribution >= 0.6 is 0 Å². The molecule has 1 unspecified atom stereocenters. The van der Waals surface area contributed by atoms with E-state index >= 15 is 0 Å². The molecule has 1 atom stereocenters. The molecule has 3 nitrogen and oxygen atoms in total. The van der Waals surface area contributed by atoms with E-state index in [0.717, 1.165) is 32.2 Å². The molecule has 2 heterocycles. The van der Waals surface area contributed by atoms with Crippen molar-refractivity contribution < 1.29 is 4.74 Å². The molecule has 2 N–H and O–H groups in total. The molecule has 2 aliphatic heterocycles. The van der Waals surface area contributed by atoms with Crippen LogP contribution in [0.4, 0.5) is 0 Å². The first kappa shape index (κ1) is 13.3. The minimum atomic E-state index is -0.114. The molecule has 0 saturated carbocycles. The number of hydrogen-bond donors (Lipinski definition) is 2. The molecular weight excluding hydrogens is 212 g/mol. The summed E-state index contributed by atoms with van der Waals surface area (Å²) in [5.74, 6) is 0. The van der Waals surface area contributed by atoms with Crippen LogP contribution in [0.5, 0.6) is 0 Å². The number of nitrogens with one attached hydrogen (secondary N) is 2. The zero-order chi connectivity index (χ0) is 12.7. The Morgan fingerprint density at radius 1 is 1.12 bits per heavy atom. The van der Waals surface area contributed by atoms with Crippen LogP contribution in [-0.4, -0.2) is 29.5 Å². The highest BCUT2D eigenvalue weighted by Gasteiger charge is 2.49. The third-order valence-corrected chi connectivity index (χ3v) is 3.89. The lowest BCUT2D eigenvalue weighted by atomic mass is 9.76. The average molecular weight is 240 g/mol. The fourth-order valence-corrected chi connectivity index (χ4v) is 3.87. The van der Waals surface area contributed by atoms with Gasteiger partial charge >= 0.3 is 0 Å². The van der Waals surface area contributed by atoms with Crippen LogP contribution in [0.15, 0.2) is 0 Å². The standard InChI is InChI=1S/C14H28N2O/c1-6-11-7-8-15-14(17-11)9-12(2,3)16-13(4,5)10-14/h11,15-16H,6-10H2,1-5H3. The van der Waals surface area contributed by atoms with Crippen LogP contribution < -0.4 is 10.6 Å². The number of piperidine rings is 1. The van der Waals surface area contributed by atoms with Crippen molar-refractivity contribution in [3.8, 4) is 0 Å². The van der Waals surface area contributed by atoms with E-state index in [4.69, 9.17) is 4.74 Å². The van der Waals surface area contributed by atoms with E-state index in [1.165, 1.54) is 0 Å². The lowest BCUT2D eigenvalue weighted by molar-refractivity contribution is -0.184. The molecule has 2 rings (SSSR count). The summed E-state index contributed by atoms with van der Waals surface area (Å²) < 4.78 is 6.38. The second-order valence-corrected chi connectivity index (χ2v) is 7.10. The molecule has 3 heteroatoms. The Kier molecular flexibility index (Phi) is 3.30. The molecule has 0 bridgehead atoms. The Hall–Kier alpha value is -0.120. The molecule has 2 saturated heterocycles. The first-order valence-electron chi connectivity index (χ1n) is 6.98. The number of ether oxygens (including phenoxy) is 1. The highest BCUT2D eigenvalue weighted by atomic mass is 16.5. The average Bonchev–Trinajstić information content (AvgIpc) is 2.11. The summed E-state index contributed by atoms with van der Waals surface area (Å²) in [7, 11) is 0. The van der Waals surface area contributed by atoms with Crippen molar-refractivity contribution in [1.82, 2.24) is 10.6 Å². The molecule has 0 aromatic rings. The van der Waals surface area contributed by atoms with Gasteiger partial charge in [-0.2, -0.15) is 0 Å². The van der Waals surface area contributed by atoms with Crippen LogP contribution in [0.1, 0.15) is 60.3 Å². The second kappa shape index (κ2) is 4.22. The molecule has 17 heavy (non-hydrogen) atoms. The van der Waals surface area contributed by atoms with Crippen molar-refractivity contribution in [3.63, 3.8) is 0 Å². The molecule has 100 valence electrons. The molecule has 0 aromatic heterocycles. The van der Waals surface area contributed by atoms with Gasteiger partial charge in [0.15, 0.2) is 0 Å². The molecular formula is C14H28N2O. The predicted octanol–water partition coefficient (Wildman–Crippen LogP) is 2.41. The third kappa shape index (κ3) is 3.01. The maximum atomic E-state index is 6.38. The molecule has 0 aliphatic carbocycles. The summed E-state index contributed by atoms with van der Waals surface area (Å²) in [6.07, 6.45) is 4.78. The second-order valence-electron chi connectivity index (χ2n) is 7.10.